The molecule has 1 aromatic rings. The molecule has 1 N–H and O–H groups in total. The summed E-state index contributed by atoms with van der Waals surface area (Å²) in [5, 5.41) is 2.93. The van der Waals surface area contributed by atoms with Crippen LogP contribution in [0.1, 0.15) is 38.2 Å². The monoisotopic (exact) mass is 423 g/mol. The number of hydrogen-bond acceptors (Lipinski definition) is 5. The number of carbonyl (C=O) groups excluding carboxylic acids is 2. The fourth-order valence-corrected chi connectivity index (χ4v) is 5.76. The average molecular weight is 424 g/mol. The van der Waals surface area contributed by atoms with Crippen molar-refractivity contribution >= 4 is 22.1 Å². The predicted molar refractivity (Wildman–Crippen MR) is 108 cm³/mol. The number of nitrogens with one attached hydrogen (secondary N) is 1. The number of hydrogen-bond donors (Lipinski definition) is 1. The van der Waals surface area contributed by atoms with Crippen molar-refractivity contribution < 1.29 is 22.7 Å². The van der Waals surface area contributed by atoms with E-state index in [1.165, 1.54) is 8.61 Å². The second kappa shape index (κ2) is 9.69. The van der Waals surface area contributed by atoms with Gasteiger partial charge in [0, 0.05) is 32.1 Å². The quantitative estimate of drug-likeness (QED) is 0.667. The lowest BCUT2D eigenvalue weighted by molar-refractivity contribution is -0.147. The van der Waals surface area contributed by atoms with Gasteiger partial charge in [-0.25, -0.2) is 0 Å². The Hall–Kier alpha value is -1.97. The summed E-state index contributed by atoms with van der Waals surface area (Å²) < 4.78 is 33.8. The van der Waals surface area contributed by atoms with E-state index in [1.807, 2.05) is 30.3 Å². The SMILES string of the molecule is CCOC(=O)[C@H]1CCCN1S(=O)(=O)N1CCC(C(=O)NCc2ccccc2)CC1. The van der Waals surface area contributed by atoms with E-state index in [4.69, 9.17) is 4.74 Å². The molecule has 2 aliphatic heterocycles. The lowest BCUT2D eigenvalue weighted by atomic mass is 9.97. The van der Waals surface area contributed by atoms with Gasteiger partial charge in [-0.1, -0.05) is 30.3 Å². The molecule has 8 nitrogen and oxygen atoms in total. The third-order valence-electron chi connectivity index (χ3n) is 5.52. The minimum atomic E-state index is -3.74. The van der Waals surface area contributed by atoms with Crippen LogP contribution in [0.2, 0.25) is 0 Å². The maximum atomic E-state index is 13.0. The number of nitrogens with zero attached hydrogens (tertiary/aromatic N) is 2. The Bertz CT molecular complexity index is 807. The molecule has 0 aromatic heterocycles. The maximum absolute atomic E-state index is 13.0. The molecule has 2 fully saturated rings. The third kappa shape index (κ3) is 5.15. The van der Waals surface area contributed by atoms with Crippen molar-refractivity contribution in [3.8, 4) is 0 Å². The van der Waals surface area contributed by atoms with Crippen molar-refractivity contribution in [2.45, 2.75) is 45.2 Å². The Morgan fingerprint density at radius 3 is 2.45 bits per heavy atom. The van der Waals surface area contributed by atoms with Gasteiger partial charge in [0.25, 0.3) is 10.2 Å². The molecule has 0 spiro atoms. The summed E-state index contributed by atoms with van der Waals surface area (Å²) in [4.78, 5) is 24.6. The fourth-order valence-electron chi connectivity index (χ4n) is 3.92. The van der Waals surface area contributed by atoms with E-state index < -0.39 is 22.2 Å². The second-order valence-electron chi connectivity index (χ2n) is 7.41. The number of esters is 1. The van der Waals surface area contributed by atoms with E-state index in [-0.39, 0.29) is 31.5 Å². The summed E-state index contributed by atoms with van der Waals surface area (Å²) in [5.74, 6) is -0.732. The van der Waals surface area contributed by atoms with E-state index in [2.05, 4.69) is 5.32 Å². The van der Waals surface area contributed by atoms with Crippen molar-refractivity contribution in [3.63, 3.8) is 0 Å². The van der Waals surface area contributed by atoms with Crippen LogP contribution < -0.4 is 5.32 Å². The molecule has 0 bridgehead atoms. The van der Waals surface area contributed by atoms with Gasteiger partial charge in [0.1, 0.15) is 6.04 Å². The molecule has 1 atom stereocenters. The van der Waals surface area contributed by atoms with Gasteiger partial charge < -0.3 is 10.1 Å². The van der Waals surface area contributed by atoms with Crippen LogP contribution in [0.4, 0.5) is 0 Å². The number of amides is 1. The van der Waals surface area contributed by atoms with Crippen LogP contribution in [0.3, 0.4) is 0 Å². The molecule has 0 radical (unpaired) electrons. The smallest absolute Gasteiger partial charge is 0.324 e. The van der Waals surface area contributed by atoms with Gasteiger partial charge in [-0.15, -0.1) is 0 Å². The van der Waals surface area contributed by atoms with Gasteiger partial charge in [0.05, 0.1) is 6.61 Å². The largest absolute Gasteiger partial charge is 0.465 e. The van der Waals surface area contributed by atoms with Gasteiger partial charge in [0.15, 0.2) is 0 Å². The van der Waals surface area contributed by atoms with Crippen molar-refractivity contribution in [2.75, 3.05) is 26.2 Å². The molecule has 2 aliphatic rings. The summed E-state index contributed by atoms with van der Waals surface area (Å²) in [6, 6.07) is 8.93. The molecular formula is C20H29N3O5S. The minimum absolute atomic E-state index is 0.0449. The normalized spacial score (nSPS) is 21.8. The molecule has 0 aliphatic carbocycles. The molecule has 9 heteroatoms. The highest BCUT2D eigenvalue weighted by molar-refractivity contribution is 7.86. The first-order valence-electron chi connectivity index (χ1n) is 10.2. The van der Waals surface area contributed by atoms with Gasteiger partial charge >= 0.3 is 5.97 Å². The van der Waals surface area contributed by atoms with E-state index in [1.54, 1.807) is 6.92 Å². The summed E-state index contributed by atoms with van der Waals surface area (Å²) in [6.45, 7) is 3.28. The maximum Gasteiger partial charge on any atom is 0.324 e. The van der Waals surface area contributed by atoms with Crippen LogP contribution in [0, 0.1) is 5.92 Å². The summed E-state index contributed by atoms with van der Waals surface area (Å²) >= 11 is 0. The summed E-state index contributed by atoms with van der Waals surface area (Å²) in [5.41, 5.74) is 1.03. The highest BCUT2D eigenvalue weighted by atomic mass is 32.2. The Morgan fingerprint density at radius 1 is 1.10 bits per heavy atom. The molecule has 1 amide bonds. The number of rotatable bonds is 7. The van der Waals surface area contributed by atoms with Gasteiger partial charge in [-0.3, -0.25) is 9.59 Å². The zero-order chi connectivity index (χ0) is 20.9. The van der Waals surface area contributed by atoms with Gasteiger partial charge in [0.2, 0.25) is 5.91 Å². The number of ether oxygens (including phenoxy) is 1. The van der Waals surface area contributed by atoms with Crippen LogP contribution in [-0.4, -0.2) is 61.2 Å². The topological polar surface area (TPSA) is 96.0 Å². The molecule has 0 saturated carbocycles. The van der Waals surface area contributed by atoms with E-state index in [0.29, 0.717) is 38.8 Å². The first kappa shape index (κ1) is 21.7. The Kier molecular flexibility index (Phi) is 7.26. The Labute approximate surface area is 172 Å². The number of benzene rings is 1. The van der Waals surface area contributed by atoms with Crippen LogP contribution >= 0.6 is 0 Å². The van der Waals surface area contributed by atoms with Crippen LogP contribution in [0.5, 0.6) is 0 Å². The Morgan fingerprint density at radius 2 is 1.79 bits per heavy atom. The molecule has 2 saturated heterocycles. The van der Waals surface area contributed by atoms with E-state index >= 15 is 0 Å². The number of piperidine rings is 1. The fraction of sp³-hybridized carbons (Fsp3) is 0.600. The van der Waals surface area contributed by atoms with Crippen molar-refractivity contribution in [3.05, 3.63) is 35.9 Å². The Balaban J connectivity index is 1.54. The summed E-state index contributed by atoms with van der Waals surface area (Å²) in [6.07, 6.45) is 2.06. The van der Waals surface area contributed by atoms with Gasteiger partial charge in [-0.2, -0.15) is 17.0 Å². The highest BCUT2D eigenvalue weighted by Crippen LogP contribution is 2.27. The second-order valence-corrected chi connectivity index (χ2v) is 9.29. The van der Waals surface area contributed by atoms with Crippen LogP contribution in [0.25, 0.3) is 0 Å². The average Bonchev–Trinajstić information content (AvgIpc) is 3.24. The first-order valence-corrected chi connectivity index (χ1v) is 11.6. The molecular weight excluding hydrogens is 394 g/mol. The van der Waals surface area contributed by atoms with Gasteiger partial charge in [-0.05, 0) is 38.2 Å². The molecule has 160 valence electrons. The highest BCUT2D eigenvalue weighted by Gasteiger charge is 2.43. The minimum Gasteiger partial charge on any atom is -0.465 e. The number of carbonyl (C=O) groups is 2. The predicted octanol–water partition coefficient (Wildman–Crippen LogP) is 1.29. The van der Waals surface area contributed by atoms with E-state index in [9.17, 15) is 18.0 Å². The van der Waals surface area contributed by atoms with E-state index in [0.717, 1.165) is 5.56 Å². The van der Waals surface area contributed by atoms with Crippen molar-refractivity contribution in [2.24, 2.45) is 5.92 Å². The standard InChI is InChI=1S/C20H29N3O5S/c1-2-28-20(25)18-9-6-12-23(18)29(26,27)22-13-10-17(11-14-22)19(24)21-15-16-7-4-3-5-8-16/h3-5,7-8,17-18H,2,6,9-15H2,1H3,(H,21,24)/t18-/m1/s1. The zero-order valence-corrected chi connectivity index (χ0v) is 17.6. The third-order valence-corrected chi connectivity index (χ3v) is 7.57. The molecule has 29 heavy (non-hydrogen) atoms. The zero-order valence-electron chi connectivity index (χ0n) is 16.7. The first-order chi connectivity index (χ1) is 13.9. The molecule has 2 heterocycles. The summed E-state index contributed by atoms with van der Waals surface area (Å²) in [7, 11) is -3.74. The van der Waals surface area contributed by atoms with Crippen LogP contribution in [-0.2, 0) is 31.1 Å². The van der Waals surface area contributed by atoms with Crippen molar-refractivity contribution in [1.29, 1.82) is 0 Å². The molecule has 3 rings (SSSR count). The molecule has 0 unspecified atom stereocenters. The molecule has 1 aromatic carbocycles. The van der Waals surface area contributed by atoms with Crippen molar-refractivity contribution in [1.82, 2.24) is 13.9 Å². The lowest BCUT2D eigenvalue weighted by Gasteiger charge is -2.34. The van der Waals surface area contributed by atoms with Crippen LogP contribution in [0.15, 0.2) is 30.3 Å². The lowest BCUT2D eigenvalue weighted by Crippen LogP contribution is -2.51.